The summed E-state index contributed by atoms with van der Waals surface area (Å²) in [4.78, 5) is 0. The van der Waals surface area contributed by atoms with Gasteiger partial charge in [0.25, 0.3) is 0 Å². The molecule has 0 aliphatic rings. The fraction of sp³-hybridized carbons (Fsp3) is 0. The second-order valence-corrected chi connectivity index (χ2v) is 4.05. The number of hydrogen-bond donors (Lipinski definition) is 0. The minimum Gasteiger partial charge on any atom is 1.00 e. The van der Waals surface area contributed by atoms with Crippen LogP contribution < -0.4 is 59.1 Å². The first kappa shape index (κ1) is 23.3. The quantitative estimate of drug-likeness (QED) is 0.418. The van der Waals surface area contributed by atoms with Crippen molar-refractivity contribution in [2.45, 2.75) is 0 Å². The third-order valence-electron chi connectivity index (χ3n) is 0. The Balaban J connectivity index is -0.0000000326. The van der Waals surface area contributed by atoms with Gasteiger partial charge in [-0.25, -0.2) is 0 Å². The van der Waals surface area contributed by atoms with Gasteiger partial charge in [-0.3, -0.25) is 4.21 Å². The van der Waals surface area contributed by atoms with Crippen LogP contribution in [-0.2, 0) is 33.4 Å². The molecule has 0 aliphatic heterocycles. The maximum absolute atomic E-state index is 8.89. The van der Waals surface area contributed by atoms with Crippen LogP contribution in [0.15, 0.2) is 0 Å². The van der Waals surface area contributed by atoms with Crippen LogP contribution in [0.2, 0.25) is 0 Å². The average Bonchev–Trinajstić information content (AvgIpc) is 1.27. The standard InChI is InChI=1S/2ClH.Cu.2Na.H2O3S2/c;;;;;1-5(2,3)4/h2*1H;;;;(H2,1,2,3,4)/q;;+2;2*+1;/p-4. The van der Waals surface area contributed by atoms with Gasteiger partial charge in [0.15, 0.2) is 0 Å². The van der Waals surface area contributed by atoms with Crippen LogP contribution in [-0.4, -0.2) is 13.3 Å². The Morgan fingerprint density at radius 3 is 1.30 bits per heavy atom. The molecule has 0 aromatic rings. The minimum absolute atomic E-state index is 0. The van der Waals surface area contributed by atoms with Crippen molar-refractivity contribution in [2.75, 3.05) is 0 Å². The molecule has 0 amide bonds. The van der Waals surface area contributed by atoms with Crippen molar-refractivity contribution in [1.82, 2.24) is 0 Å². The SMILES string of the molecule is O=S([O-])([O-])=S.[Cl][Cu][Cl].[Na+].[Na+]. The molecule has 0 N–H and O–H groups in total. The number of rotatable bonds is 0. The van der Waals surface area contributed by atoms with E-state index in [0.717, 1.165) is 13.1 Å². The van der Waals surface area contributed by atoms with Gasteiger partial charge in [-0.2, -0.15) is 0 Å². The third kappa shape index (κ3) is 107. The van der Waals surface area contributed by atoms with E-state index in [9.17, 15) is 0 Å². The van der Waals surface area contributed by atoms with Gasteiger partial charge in [0.1, 0.15) is 0 Å². The first-order chi connectivity index (χ1) is 3.41. The van der Waals surface area contributed by atoms with Crippen molar-refractivity contribution in [1.29, 1.82) is 0 Å². The maximum atomic E-state index is 8.89. The Hall–Kier alpha value is 3.39. The Kier molecular flexibility index (Phi) is 34.7. The number of halogens is 2. The van der Waals surface area contributed by atoms with Gasteiger partial charge in [0, 0.05) is 0 Å². The largest absolute Gasteiger partial charge is 1.00 e. The Morgan fingerprint density at radius 2 is 1.30 bits per heavy atom. The summed E-state index contributed by atoms with van der Waals surface area (Å²) in [6, 6.07) is 0. The third-order valence-corrected chi connectivity index (χ3v) is 0. The van der Waals surface area contributed by atoms with E-state index >= 15 is 0 Å². The van der Waals surface area contributed by atoms with Crippen molar-refractivity contribution in [3.8, 4) is 0 Å². The maximum Gasteiger partial charge on any atom is 1.00 e. The summed E-state index contributed by atoms with van der Waals surface area (Å²) in [5, 5.41) is 0. The summed E-state index contributed by atoms with van der Waals surface area (Å²) in [5.41, 5.74) is 0. The average molecular weight is 293 g/mol. The molecule has 0 rings (SSSR count). The molecule has 10 heteroatoms. The molecule has 3 nitrogen and oxygen atoms in total. The van der Waals surface area contributed by atoms with E-state index in [4.69, 9.17) is 13.3 Å². The van der Waals surface area contributed by atoms with Gasteiger partial charge in [-0.15, -0.1) is 9.05 Å². The Morgan fingerprint density at radius 1 is 1.30 bits per heavy atom. The molecule has 0 aliphatic carbocycles. The van der Waals surface area contributed by atoms with E-state index in [1.54, 1.807) is 0 Å². The van der Waals surface area contributed by atoms with Crippen molar-refractivity contribution in [3.63, 3.8) is 0 Å². The van der Waals surface area contributed by atoms with Gasteiger partial charge < -0.3 is 9.11 Å². The van der Waals surface area contributed by atoms with Crippen LogP contribution in [0.25, 0.3) is 0 Å². The molecule has 57 valence electrons. The molecule has 0 radical (unpaired) electrons. The molecular formula is Cl2CuNa2O3S2. The van der Waals surface area contributed by atoms with Crippen molar-refractivity contribution in [3.05, 3.63) is 0 Å². The van der Waals surface area contributed by atoms with E-state index in [-0.39, 0.29) is 59.1 Å². The van der Waals surface area contributed by atoms with Gasteiger partial charge in [0.2, 0.25) is 0 Å². The molecule has 0 saturated heterocycles. The molecular weight excluding hydrogens is 293 g/mol. The summed E-state index contributed by atoms with van der Waals surface area (Å²) in [5.74, 6) is 0. The molecule has 10 heavy (non-hydrogen) atoms. The van der Waals surface area contributed by atoms with Gasteiger partial charge >= 0.3 is 92.4 Å². The normalized spacial score (nSPS) is 8.00. The molecule has 0 spiro atoms. The molecule has 0 aromatic heterocycles. The van der Waals surface area contributed by atoms with Crippen molar-refractivity contribution in [2.24, 2.45) is 0 Å². The van der Waals surface area contributed by atoms with Crippen LogP contribution >= 0.6 is 20.2 Å². The summed E-state index contributed by atoms with van der Waals surface area (Å²) < 4.78 is 26.7. The van der Waals surface area contributed by atoms with Crippen LogP contribution in [0.5, 0.6) is 0 Å². The fourth-order valence-electron chi connectivity index (χ4n) is 0. The zero-order chi connectivity index (χ0) is 7.21. The Bertz CT molecular complexity index is 116. The smallest absolute Gasteiger partial charge is 1.00 e. The summed E-state index contributed by atoms with van der Waals surface area (Å²) >= 11 is 4.00. The molecule has 0 atom stereocenters. The minimum atomic E-state index is -4.33. The second kappa shape index (κ2) is 14.9. The van der Waals surface area contributed by atoms with Crippen LogP contribution in [0, 0.1) is 0 Å². The summed E-state index contributed by atoms with van der Waals surface area (Å²) in [6.07, 6.45) is 0. The second-order valence-electron chi connectivity index (χ2n) is 0.451. The monoisotopic (exact) mass is 291 g/mol. The van der Waals surface area contributed by atoms with Gasteiger partial charge in [-0.1, -0.05) is 0 Å². The van der Waals surface area contributed by atoms with Crippen LogP contribution in [0.3, 0.4) is 0 Å². The zero-order valence-electron chi connectivity index (χ0n) is 5.10. The van der Waals surface area contributed by atoms with Crippen LogP contribution in [0.4, 0.5) is 0 Å². The zero-order valence-corrected chi connectivity index (χ0v) is 13.2. The predicted octanol–water partition coefficient (Wildman–Crippen LogP) is -5.62. The predicted molar refractivity (Wildman–Crippen MR) is 28.8 cm³/mol. The Labute approximate surface area is 124 Å². The van der Waals surface area contributed by atoms with E-state index in [0.29, 0.717) is 0 Å². The van der Waals surface area contributed by atoms with Crippen molar-refractivity contribution >= 4 is 40.4 Å². The fourth-order valence-corrected chi connectivity index (χ4v) is 0. The molecule has 0 heterocycles. The number of hydrogen-bond acceptors (Lipinski definition) is 4. The molecule has 0 saturated carbocycles. The van der Waals surface area contributed by atoms with Gasteiger partial charge in [-0.05, 0) is 11.2 Å². The van der Waals surface area contributed by atoms with E-state index in [1.807, 2.05) is 0 Å². The summed E-state index contributed by atoms with van der Waals surface area (Å²) in [7, 11) is 5.01. The first-order valence-electron chi connectivity index (χ1n) is 0.895. The topological polar surface area (TPSA) is 63.2 Å². The van der Waals surface area contributed by atoms with E-state index < -0.39 is 9.05 Å². The molecule has 0 fully saturated rings. The van der Waals surface area contributed by atoms with Crippen LogP contribution in [0.1, 0.15) is 0 Å². The molecule has 0 unspecified atom stereocenters. The van der Waals surface area contributed by atoms with E-state index in [1.165, 1.54) is 0 Å². The molecule has 0 bridgehead atoms. The van der Waals surface area contributed by atoms with Crippen molar-refractivity contribution < 1.29 is 85.6 Å². The van der Waals surface area contributed by atoms with Gasteiger partial charge in [0.05, 0.1) is 0 Å². The molecule has 0 aromatic carbocycles. The summed E-state index contributed by atoms with van der Waals surface area (Å²) in [6.45, 7) is 0. The first-order valence-corrected chi connectivity index (χ1v) is 5.82. The van der Waals surface area contributed by atoms with E-state index in [2.05, 4.69) is 31.4 Å².